The molecule has 0 bridgehead atoms. The minimum absolute atomic E-state index is 0.326. The Balaban J connectivity index is 2.91. The maximum atomic E-state index is 5.99. The summed E-state index contributed by atoms with van der Waals surface area (Å²) in [6.45, 7) is 6.67. The molecule has 0 aromatic heterocycles. The van der Waals surface area contributed by atoms with Crippen molar-refractivity contribution in [2.24, 2.45) is 11.8 Å². The Kier molecular flexibility index (Phi) is 4.95. The highest BCUT2D eigenvalue weighted by Gasteiger charge is 2.19. The van der Waals surface area contributed by atoms with E-state index in [0.717, 1.165) is 0 Å². The van der Waals surface area contributed by atoms with Gasteiger partial charge in [0.1, 0.15) is 0 Å². The topological polar surface area (TPSA) is 0 Å². The van der Waals surface area contributed by atoms with E-state index < -0.39 is 0 Å². The van der Waals surface area contributed by atoms with Crippen molar-refractivity contribution in [3.63, 3.8) is 0 Å². The van der Waals surface area contributed by atoms with Crippen molar-refractivity contribution in [2.75, 3.05) is 0 Å². The zero-order valence-corrected chi connectivity index (χ0v) is 12.2. The van der Waals surface area contributed by atoms with E-state index in [4.69, 9.17) is 23.2 Å². The number of alkyl halides is 1. The molecule has 0 amide bonds. The summed E-state index contributed by atoms with van der Waals surface area (Å²) in [6.07, 6.45) is 0. The van der Waals surface area contributed by atoms with E-state index in [1.807, 2.05) is 18.2 Å². The molecule has 0 saturated carbocycles. The predicted molar refractivity (Wildman–Crippen MR) is 72.1 cm³/mol. The third kappa shape index (κ3) is 3.37. The summed E-state index contributed by atoms with van der Waals surface area (Å²) in [4.78, 5) is 0.326. The molecule has 0 heterocycles. The van der Waals surface area contributed by atoms with Crippen molar-refractivity contribution >= 4 is 39.1 Å². The number of hydrogen-bond acceptors (Lipinski definition) is 0. The van der Waals surface area contributed by atoms with Gasteiger partial charge in [0.15, 0.2) is 0 Å². The van der Waals surface area contributed by atoms with Gasteiger partial charge in [0, 0.05) is 4.83 Å². The van der Waals surface area contributed by atoms with Crippen LogP contribution in [0.4, 0.5) is 0 Å². The molecule has 1 aromatic rings. The standard InChI is InChI=1S/C12H15BrCl2/c1-7(2)8(3)12(13)9-4-5-10(14)11(15)6-9/h4-8,12H,1-3H3. The number of hydrogen-bond donors (Lipinski definition) is 0. The molecule has 0 saturated heterocycles. The molecule has 2 atom stereocenters. The molecule has 2 unspecified atom stereocenters. The Bertz CT molecular complexity index is 336. The van der Waals surface area contributed by atoms with Gasteiger partial charge < -0.3 is 0 Å². The van der Waals surface area contributed by atoms with Crippen LogP contribution >= 0.6 is 39.1 Å². The first-order valence-electron chi connectivity index (χ1n) is 5.02. The first-order chi connectivity index (χ1) is 6.93. The van der Waals surface area contributed by atoms with Crippen molar-refractivity contribution in [3.8, 4) is 0 Å². The largest absolute Gasteiger partial charge is 0.0836 e. The molecule has 0 fully saturated rings. The highest BCUT2D eigenvalue weighted by molar-refractivity contribution is 9.09. The predicted octanol–water partition coefficient (Wildman–Crippen LogP) is 5.72. The summed E-state index contributed by atoms with van der Waals surface area (Å²) < 4.78 is 0. The minimum Gasteiger partial charge on any atom is -0.0836 e. The van der Waals surface area contributed by atoms with Gasteiger partial charge in [0.25, 0.3) is 0 Å². The van der Waals surface area contributed by atoms with Gasteiger partial charge in [-0.15, -0.1) is 0 Å². The first-order valence-corrected chi connectivity index (χ1v) is 6.69. The fourth-order valence-corrected chi connectivity index (χ4v) is 2.53. The van der Waals surface area contributed by atoms with Crippen LogP contribution in [-0.4, -0.2) is 0 Å². The van der Waals surface area contributed by atoms with Crippen LogP contribution in [0.25, 0.3) is 0 Å². The van der Waals surface area contributed by atoms with Crippen molar-refractivity contribution in [1.82, 2.24) is 0 Å². The molecule has 0 aliphatic carbocycles. The summed E-state index contributed by atoms with van der Waals surface area (Å²) in [7, 11) is 0. The lowest BCUT2D eigenvalue weighted by atomic mass is 9.91. The van der Waals surface area contributed by atoms with Gasteiger partial charge in [0.2, 0.25) is 0 Å². The molecule has 84 valence electrons. The highest BCUT2D eigenvalue weighted by atomic mass is 79.9. The second kappa shape index (κ2) is 5.56. The zero-order chi connectivity index (χ0) is 11.6. The third-order valence-corrected chi connectivity index (χ3v) is 4.88. The van der Waals surface area contributed by atoms with E-state index in [9.17, 15) is 0 Å². The SMILES string of the molecule is CC(C)C(C)C(Br)c1ccc(Cl)c(Cl)c1. The molecule has 3 heteroatoms. The average Bonchev–Trinajstić information content (AvgIpc) is 2.19. The van der Waals surface area contributed by atoms with Crippen molar-refractivity contribution in [2.45, 2.75) is 25.6 Å². The van der Waals surface area contributed by atoms with Crippen LogP contribution in [0.1, 0.15) is 31.2 Å². The van der Waals surface area contributed by atoms with Gasteiger partial charge in [0.05, 0.1) is 10.0 Å². The second-order valence-electron chi connectivity index (χ2n) is 4.18. The van der Waals surface area contributed by atoms with E-state index in [1.165, 1.54) is 5.56 Å². The summed E-state index contributed by atoms with van der Waals surface area (Å²) in [5.74, 6) is 1.19. The van der Waals surface area contributed by atoms with Crippen LogP contribution in [0, 0.1) is 11.8 Å². The fraction of sp³-hybridized carbons (Fsp3) is 0.500. The number of benzene rings is 1. The van der Waals surface area contributed by atoms with Gasteiger partial charge >= 0.3 is 0 Å². The molecule has 1 rings (SSSR count). The fourth-order valence-electron chi connectivity index (χ4n) is 1.33. The Labute approximate surface area is 110 Å². The van der Waals surface area contributed by atoms with Gasteiger partial charge in [-0.25, -0.2) is 0 Å². The molecule has 0 N–H and O–H groups in total. The minimum atomic E-state index is 0.326. The molecule has 0 nitrogen and oxygen atoms in total. The summed E-state index contributed by atoms with van der Waals surface area (Å²) in [5, 5.41) is 1.23. The van der Waals surface area contributed by atoms with E-state index >= 15 is 0 Å². The van der Waals surface area contributed by atoms with E-state index in [0.29, 0.717) is 26.7 Å². The monoisotopic (exact) mass is 308 g/mol. The van der Waals surface area contributed by atoms with Crippen LogP contribution in [0.3, 0.4) is 0 Å². The Morgan fingerprint density at radius 3 is 2.13 bits per heavy atom. The Hall–Kier alpha value is 0.280. The smallest absolute Gasteiger partial charge is 0.0595 e. The van der Waals surface area contributed by atoms with Gasteiger partial charge in [-0.05, 0) is 29.5 Å². The molecule has 1 aromatic carbocycles. The quantitative estimate of drug-likeness (QED) is 0.626. The van der Waals surface area contributed by atoms with E-state index in [1.54, 1.807) is 0 Å². The van der Waals surface area contributed by atoms with Crippen molar-refractivity contribution < 1.29 is 0 Å². The van der Waals surface area contributed by atoms with Crippen LogP contribution in [-0.2, 0) is 0 Å². The maximum absolute atomic E-state index is 5.99. The molecule has 0 aliphatic rings. The molecular weight excluding hydrogens is 295 g/mol. The summed E-state index contributed by atoms with van der Waals surface area (Å²) in [6, 6.07) is 5.80. The first kappa shape index (κ1) is 13.3. The van der Waals surface area contributed by atoms with E-state index in [-0.39, 0.29) is 0 Å². The summed E-state index contributed by atoms with van der Waals surface area (Å²) >= 11 is 15.6. The molecule has 0 aliphatic heterocycles. The summed E-state index contributed by atoms with van der Waals surface area (Å²) in [5.41, 5.74) is 1.19. The van der Waals surface area contributed by atoms with Gasteiger partial charge in [-0.3, -0.25) is 0 Å². The lowest BCUT2D eigenvalue weighted by molar-refractivity contribution is 0.414. The van der Waals surface area contributed by atoms with Crippen molar-refractivity contribution in [1.29, 1.82) is 0 Å². The lowest BCUT2D eigenvalue weighted by Crippen LogP contribution is -2.10. The normalized spacial score (nSPS) is 15.4. The zero-order valence-electron chi connectivity index (χ0n) is 9.10. The lowest BCUT2D eigenvalue weighted by Gasteiger charge is -2.22. The number of halogens is 3. The second-order valence-corrected chi connectivity index (χ2v) is 5.98. The number of rotatable bonds is 3. The van der Waals surface area contributed by atoms with Gasteiger partial charge in [-0.2, -0.15) is 0 Å². The maximum Gasteiger partial charge on any atom is 0.0595 e. The Morgan fingerprint density at radius 2 is 1.67 bits per heavy atom. The van der Waals surface area contributed by atoms with Crippen LogP contribution in [0.2, 0.25) is 10.0 Å². The molecule has 15 heavy (non-hydrogen) atoms. The molecule has 0 spiro atoms. The van der Waals surface area contributed by atoms with Crippen molar-refractivity contribution in [3.05, 3.63) is 33.8 Å². The molecular formula is C12H15BrCl2. The van der Waals surface area contributed by atoms with Crippen LogP contribution in [0.15, 0.2) is 18.2 Å². The third-order valence-electron chi connectivity index (χ3n) is 2.78. The highest BCUT2D eigenvalue weighted by Crippen LogP contribution is 2.37. The average molecular weight is 310 g/mol. The van der Waals surface area contributed by atoms with Crippen LogP contribution < -0.4 is 0 Å². The van der Waals surface area contributed by atoms with Gasteiger partial charge in [-0.1, -0.05) is 66.0 Å². The molecule has 0 radical (unpaired) electrons. The van der Waals surface area contributed by atoms with E-state index in [2.05, 4.69) is 36.7 Å². The Morgan fingerprint density at radius 1 is 1.07 bits per heavy atom. The van der Waals surface area contributed by atoms with Crippen LogP contribution in [0.5, 0.6) is 0 Å².